The van der Waals surface area contributed by atoms with E-state index in [1.165, 1.54) is 17.7 Å². The number of aliphatic hydroxyl groups is 1. The van der Waals surface area contributed by atoms with Crippen LogP contribution in [0, 0.1) is 0 Å². The second-order valence-corrected chi connectivity index (χ2v) is 6.49. The van der Waals surface area contributed by atoms with Crippen molar-refractivity contribution in [2.45, 2.75) is 37.8 Å². The summed E-state index contributed by atoms with van der Waals surface area (Å²) in [6.07, 6.45) is 10.1. The van der Waals surface area contributed by atoms with Crippen LogP contribution < -0.4 is 5.32 Å². The molecule has 0 radical (unpaired) electrons. The van der Waals surface area contributed by atoms with E-state index in [2.05, 4.69) is 15.3 Å². The number of nitrogens with one attached hydrogen (secondary N) is 1. The number of hydrogen-bond donors (Lipinski definition) is 2. The molecule has 2 N–H and O–H groups in total. The average Bonchev–Trinajstić information content (AvgIpc) is 3.16. The molecule has 0 aromatic carbocycles. The quantitative estimate of drug-likeness (QED) is 0.888. The molecule has 2 aromatic rings. The Hall–Kier alpha value is -1.30. The predicted molar refractivity (Wildman–Crippen MR) is 80.5 cm³/mol. The molecule has 0 bridgehead atoms. The van der Waals surface area contributed by atoms with Crippen molar-refractivity contribution in [3.8, 4) is 10.6 Å². The van der Waals surface area contributed by atoms with Crippen molar-refractivity contribution in [3.63, 3.8) is 0 Å². The molecule has 0 aliphatic heterocycles. The maximum Gasteiger partial charge on any atom is 0.125 e. The summed E-state index contributed by atoms with van der Waals surface area (Å²) in [6.45, 7) is 1.000. The lowest BCUT2D eigenvalue weighted by Gasteiger charge is -2.27. The van der Waals surface area contributed by atoms with Crippen molar-refractivity contribution in [1.82, 2.24) is 15.3 Å². The van der Waals surface area contributed by atoms with Gasteiger partial charge in [0.25, 0.3) is 0 Å². The molecule has 1 saturated carbocycles. The zero-order valence-corrected chi connectivity index (χ0v) is 12.2. The molecule has 1 aliphatic rings. The highest BCUT2D eigenvalue weighted by Gasteiger charge is 2.32. The Morgan fingerprint density at radius 1 is 1.30 bits per heavy atom. The molecule has 4 nitrogen and oxygen atoms in total. The molecule has 1 fully saturated rings. The summed E-state index contributed by atoms with van der Waals surface area (Å²) in [5.41, 5.74) is 0.986. The lowest BCUT2D eigenvalue weighted by Crippen LogP contribution is -2.45. The van der Waals surface area contributed by atoms with Crippen LogP contribution >= 0.6 is 11.3 Å². The van der Waals surface area contributed by atoms with Crippen molar-refractivity contribution in [1.29, 1.82) is 0 Å². The zero-order valence-electron chi connectivity index (χ0n) is 11.4. The second kappa shape index (κ2) is 5.99. The topological polar surface area (TPSA) is 58.0 Å². The van der Waals surface area contributed by atoms with Crippen LogP contribution in [-0.2, 0) is 6.54 Å². The van der Waals surface area contributed by atoms with Gasteiger partial charge >= 0.3 is 0 Å². The van der Waals surface area contributed by atoms with Crippen LogP contribution in [-0.4, -0.2) is 27.2 Å². The Bertz CT molecular complexity index is 549. The van der Waals surface area contributed by atoms with E-state index in [1.807, 2.05) is 24.5 Å². The minimum absolute atomic E-state index is 0.0710. The third kappa shape index (κ3) is 2.90. The summed E-state index contributed by atoms with van der Waals surface area (Å²) in [5, 5.41) is 14.1. The average molecular weight is 289 g/mol. The minimum Gasteiger partial charge on any atom is -0.394 e. The number of aliphatic hydroxyl groups excluding tert-OH is 1. The van der Waals surface area contributed by atoms with Gasteiger partial charge in [0.2, 0.25) is 0 Å². The van der Waals surface area contributed by atoms with E-state index in [0.29, 0.717) is 0 Å². The van der Waals surface area contributed by atoms with E-state index in [-0.39, 0.29) is 12.1 Å². The fraction of sp³-hybridized carbons (Fsp3) is 0.467. The Balaban J connectivity index is 1.66. The van der Waals surface area contributed by atoms with Gasteiger partial charge in [0.1, 0.15) is 5.01 Å². The number of hydrogen-bond acceptors (Lipinski definition) is 5. The minimum atomic E-state index is -0.0710. The first-order valence-electron chi connectivity index (χ1n) is 7.02. The van der Waals surface area contributed by atoms with Crippen molar-refractivity contribution >= 4 is 11.3 Å². The summed E-state index contributed by atoms with van der Waals surface area (Å²) in [4.78, 5) is 9.78. The maximum absolute atomic E-state index is 9.59. The summed E-state index contributed by atoms with van der Waals surface area (Å²) >= 11 is 1.68. The van der Waals surface area contributed by atoms with Crippen molar-refractivity contribution in [2.75, 3.05) is 6.61 Å². The Morgan fingerprint density at radius 3 is 2.85 bits per heavy atom. The summed E-state index contributed by atoms with van der Waals surface area (Å²) in [5.74, 6) is 0. The highest BCUT2D eigenvalue weighted by Crippen LogP contribution is 2.30. The molecule has 2 heterocycles. The molecular weight excluding hydrogens is 270 g/mol. The van der Waals surface area contributed by atoms with Crippen LogP contribution in [0.3, 0.4) is 0 Å². The largest absolute Gasteiger partial charge is 0.394 e. The zero-order chi connectivity index (χ0) is 13.8. The van der Waals surface area contributed by atoms with Gasteiger partial charge in [-0.3, -0.25) is 4.98 Å². The van der Waals surface area contributed by atoms with Gasteiger partial charge in [0.15, 0.2) is 0 Å². The molecule has 0 atom stereocenters. The van der Waals surface area contributed by atoms with Gasteiger partial charge < -0.3 is 10.4 Å². The first-order valence-corrected chi connectivity index (χ1v) is 7.84. The van der Waals surface area contributed by atoms with Gasteiger partial charge in [-0.1, -0.05) is 12.8 Å². The molecule has 20 heavy (non-hydrogen) atoms. The number of pyridine rings is 1. The van der Waals surface area contributed by atoms with Crippen LogP contribution in [0.1, 0.15) is 30.6 Å². The highest BCUT2D eigenvalue weighted by molar-refractivity contribution is 7.15. The summed E-state index contributed by atoms with van der Waals surface area (Å²) < 4.78 is 0. The Labute approximate surface area is 122 Å². The fourth-order valence-electron chi connectivity index (χ4n) is 2.73. The van der Waals surface area contributed by atoms with Gasteiger partial charge in [-0.25, -0.2) is 4.98 Å². The van der Waals surface area contributed by atoms with Crippen LogP contribution in [0.15, 0.2) is 30.7 Å². The molecule has 0 amide bonds. The van der Waals surface area contributed by atoms with Crippen LogP contribution in [0.25, 0.3) is 10.6 Å². The van der Waals surface area contributed by atoms with Gasteiger partial charge in [0.05, 0.1) is 6.61 Å². The van der Waals surface area contributed by atoms with E-state index in [0.717, 1.165) is 30.0 Å². The van der Waals surface area contributed by atoms with Crippen molar-refractivity contribution in [3.05, 3.63) is 35.6 Å². The predicted octanol–water partition coefficient (Wildman–Crippen LogP) is 2.60. The van der Waals surface area contributed by atoms with Crippen LogP contribution in [0.2, 0.25) is 0 Å². The van der Waals surface area contributed by atoms with E-state index in [1.54, 1.807) is 17.5 Å². The third-order valence-electron chi connectivity index (χ3n) is 3.96. The standard InChI is InChI=1S/C15H19N3OS/c19-11-15(5-1-2-6-15)18-10-13-9-17-14(20-13)12-4-3-7-16-8-12/h3-4,7-9,18-19H,1-2,5-6,10-11H2. The van der Waals surface area contributed by atoms with E-state index in [4.69, 9.17) is 0 Å². The molecule has 3 rings (SSSR count). The highest BCUT2D eigenvalue weighted by atomic mass is 32.1. The SMILES string of the molecule is OCC1(NCc2cnc(-c3cccnc3)s2)CCCC1. The molecule has 106 valence electrons. The summed E-state index contributed by atoms with van der Waals surface area (Å²) in [6, 6.07) is 3.95. The van der Waals surface area contributed by atoms with Crippen LogP contribution in [0.5, 0.6) is 0 Å². The lowest BCUT2D eigenvalue weighted by atomic mass is 9.99. The monoisotopic (exact) mass is 289 g/mol. The van der Waals surface area contributed by atoms with E-state index >= 15 is 0 Å². The Morgan fingerprint density at radius 2 is 2.15 bits per heavy atom. The van der Waals surface area contributed by atoms with Crippen LogP contribution in [0.4, 0.5) is 0 Å². The molecule has 0 unspecified atom stereocenters. The molecule has 0 saturated heterocycles. The Kier molecular flexibility index (Phi) is 4.10. The summed E-state index contributed by atoms with van der Waals surface area (Å²) in [7, 11) is 0. The third-order valence-corrected chi connectivity index (χ3v) is 5.01. The smallest absolute Gasteiger partial charge is 0.125 e. The van der Waals surface area contributed by atoms with E-state index in [9.17, 15) is 5.11 Å². The number of thiazole rings is 1. The lowest BCUT2D eigenvalue weighted by molar-refractivity contribution is 0.163. The van der Waals surface area contributed by atoms with Gasteiger partial charge in [0, 0.05) is 41.1 Å². The normalized spacial score (nSPS) is 17.4. The fourth-order valence-corrected chi connectivity index (χ4v) is 3.57. The van der Waals surface area contributed by atoms with E-state index < -0.39 is 0 Å². The first-order chi connectivity index (χ1) is 9.81. The second-order valence-electron chi connectivity index (χ2n) is 5.37. The molecule has 0 spiro atoms. The number of rotatable bonds is 5. The number of aromatic nitrogens is 2. The molecule has 1 aliphatic carbocycles. The van der Waals surface area contributed by atoms with Crippen molar-refractivity contribution < 1.29 is 5.11 Å². The number of nitrogens with zero attached hydrogens (tertiary/aromatic N) is 2. The van der Waals surface area contributed by atoms with Crippen molar-refractivity contribution in [2.24, 2.45) is 0 Å². The van der Waals surface area contributed by atoms with Gasteiger partial charge in [-0.15, -0.1) is 11.3 Å². The molecular formula is C15H19N3OS. The first kappa shape index (κ1) is 13.7. The molecule has 2 aromatic heterocycles. The van der Waals surface area contributed by atoms with Gasteiger partial charge in [-0.2, -0.15) is 0 Å². The molecule has 5 heteroatoms. The van der Waals surface area contributed by atoms with Gasteiger partial charge in [-0.05, 0) is 25.0 Å². The maximum atomic E-state index is 9.59.